The Morgan fingerprint density at radius 2 is 0.841 bits per heavy atom. The van der Waals surface area contributed by atoms with Crippen molar-refractivity contribution < 1.29 is 0 Å². The van der Waals surface area contributed by atoms with E-state index in [2.05, 4.69) is 10.2 Å². The smallest absolute Gasteiger partial charge is 0.276 e. The molecule has 214 valence electrons. The van der Waals surface area contributed by atoms with Crippen LogP contribution in [-0.2, 0) is 0 Å². The SMILES string of the molecule is O=c1c(C(c2ccc(Cl)cc2)c2c(-c3ccccc3)[nH]n(-c3ccccc3)c2=O)c(-c2ccccc2)[nH]n1-c1ccccc1. The molecule has 0 atom stereocenters. The quantitative estimate of drug-likeness (QED) is 0.197. The molecule has 0 amide bonds. The van der Waals surface area contributed by atoms with Gasteiger partial charge in [-0.3, -0.25) is 19.8 Å². The lowest BCUT2D eigenvalue weighted by Gasteiger charge is -2.18. The minimum Gasteiger partial charge on any atom is -0.290 e. The zero-order chi connectivity index (χ0) is 30.0. The van der Waals surface area contributed by atoms with E-state index in [9.17, 15) is 9.59 Å². The van der Waals surface area contributed by atoms with Gasteiger partial charge in [0, 0.05) is 10.9 Å². The molecule has 7 heteroatoms. The van der Waals surface area contributed by atoms with Gasteiger partial charge in [-0.05, 0) is 53.1 Å². The summed E-state index contributed by atoms with van der Waals surface area (Å²) < 4.78 is 3.09. The van der Waals surface area contributed by atoms with Crippen LogP contribution in [0.2, 0.25) is 5.02 Å². The van der Waals surface area contributed by atoms with E-state index in [0.717, 1.165) is 16.7 Å². The van der Waals surface area contributed by atoms with E-state index in [1.807, 2.05) is 133 Å². The van der Waals surface area contributed by atoms with Crippen molar-refractivity contribution in [2.24, 2.45) is 0 Å². The van der Waals surface area contributed by atoms with Gasteiger partial charge in [0.15, 0.2) is 0 Å². The first kappa shape index (κ1) is 27.3. The Kier molecular flexibility index (Phi) is 7.18. The third kappa shape index (κ3) is 4.91. The van der Waals surface area contributed by atoms with Gasteiger partial charge in [0.2, 0.25) is 0 Å². The number of aromatic nitrogens is 4. The average Bonchev–Trinajstić information content (AvgIpc) is 3.61. The number of H-pyrrole nitrogens is 2. The van der Waals surface area contributed by atoms with Crippen LogP contribution in [0.15, 0.2) is 155 Å². The van der Waals surface area contributed by atoms with Crippen molar-refractivity contribution in [3.63, 3.8) is 0 Å². The van der Waals surface area contributed by atoms with E-state index >= 15 is 0 Å². The summed E-state index contributed by atoms with van der Waals surface area (Å²) in [5.41, 5.74) is 5.46. The van der Waals surface area contributed by atoms with Crippen molar-refractivity contribution in [1.29, 1.82) is 0 Å². The van der Waals surface area contributed by atoms with Crippen molar-refractivity contribution >= 4 is 11.6 Å². The molecule has 44 heavy (non-hydrogen) atoms. The van der Waals surface area contributed by atoms with Crippen molar-refractivity contribution in [3.05, 3.63) is 188 Å². The summed E-state index contributed by atoms with van der Waals surface area (Å²) in [5, 5.41) is 7.34. The average molecular weight is 595 g/mol. The van der Waals surface area contributed by atoms with Crippen LogP contribution in [0.5, 0.6) is 0 Å². The Hall–Kier alpha value is -5.59. The topological polar surface area (TPSA) is 75.6 Å². The molecule has 7 aromatic rings. The molecular formula is C37H27ClN4O2. The van der Waals surface area contributed by atoms with Gasteiger partial charge in [-0.2, -0.15) is 0 Å². The molecule has 0 fully saturated rings. The number of hydrogen-bond acceptors (Lipinski definition) is 2. The monoisotopic (exact) mass is 594 g/mol. The maximum absolute atomic E-state index is 14.6. The molecule has 0 radical (unpaired) electrons. The Labute approximate surface area is 258 Å². The van der Waals surface area contributed by atoms with Crippen LogP contribution in [0.1, 0.15) is 22.6 Å². The van der Waals surface area contributed by atoms with Gasteiger partial charge < -0.3 is 0 Å². The molecule has 0 saturated heterocycles. The molecule has 0 bridgehead atoms. The van der Waals surface area contributed by atoms with E-state index in [0.29, 0.717) is 38.9 Å². The van der Waals surface area contributed by atoms with Crippen LogP contribution in [0.3, 0.4) is 0 Å². The van der Waals surface area contributed by atoms with E-state index in [1.54, 1.807) is 21.5 Å². The zero-order valence-electron chi connectivity index (χ0n) is 23.5. The molecule has 2 heterocycles. The first-order chi connectivity index (χ1) is 21.6. The second kappa shape index (κ2) is 11.6. The van der Waals surface area contributed by atoms with Gasteiger partial charge in [-0.25, -0.2) is 9.36 Å². The van der Waals surface area contributed by atoms with Gasteiger partial charge >= 0.3 is 0 Å². The number of benzene rings is 5. The predicted octanol–water partition coefficient (Wildman–Crippen LogP) is 7.81. The summed E-state index contributed by atoms with van der Waals surface area (Å²) in [7, 11) is 0. The lowest BCUT2D eigenvalue weighted by Crippen LogP contribution is -2.25. The molecule has 0 aliphatic heterocycles. The van der Waals surface area contributed by atoms with E-state index in [-0.39, 0.29) is 11.1 Å². The second-order valence-corrected chi connectivity index (χ2v) is 10.9. The molecule has 2 aromatic heterocycles. The molecule has 6 nitrogen and oxygen atoms in total. The first-order valence-corrected chi connectivity index (χ1v) is 14.6. The Balaban J connectivity index is 1.60. The van der Waals surface area contributed by atoms with Gasteiger partial charge in [0.05, 0.1) is 33.9 Å². The standard InChI is InChI=1S/C37H27ClN4O2/c38-28-23-21-25(22-24-28)31(32-34(26-13-5-1-6-14-26)39-41(36(32)43)29-17-9-3-10-18-29)33-35(27-15-7-2-8-16-27)40-42(37(33)44)30-19-11-4-12-20-30/h1-24,31,39-40H. The number of nitrogens with one attached hydrogen (secondary N) is 2. The van der Waals surface area contributed by atoms with Crippen LogP contribution >= 0.6 is 11.6 Å². The van der Waals surface area contributed by atoms with E-state index < -0.39 is 5.92 Å². The van der Waals surface area contributed by atoms with Crippen molar-refractivity contribution in [2.45, 2.75) is 5.92 Å². The van der Waals surface area contributed by atoms with E-state index in [1.165, 1.54) is 0 Å². The molecule has 0 unspecified atom stereocenters. The molecule has 0 spiro atoms. The highest BCUT2D eigenvalue weighted by atomic mass is 35.5. The van der Waals surface area contributed by atoms with Crippen LogP contribution in [0, 0.1) is 0 Å². The summed E-state index contributed by atoms with van der Waals surface area (Å²) in [5.74, 6) is -0.750. The summed E-state index contributed by atoms with van der Waals surface area (Å²) in [6.45, 7) is 0. The summed E-state index contributed by atoms with van der Waals surface area (Å²) in [6, 6.07) is 45.7. The third-order valence-corrected chi connectivity index (χ3v) is 8.04. The summed E-state index contributed by atoms with van der Waals surface area (Å²) in [6.07, 6.45) is 0. The molecule has 0 aliphatic rings. The lowest BCUT2D eigenvalue weighted by molar-refractivity contribution is 0.837. The number of rotatable bonds is 7. The van der Waals surface area contributed by atoms with Crippen LogP contribution in [0.4, 0.5) is 0 Å². The van der Waals surface area contributed by atoms with Gasteiger partial charge in [-0.1, -0.05) is 121 Å². The van der Waals surface area contributed by atoms with Gasteiger partial charge in [-0.15, -0.1) is 0 Å². The Morgan fingerprint density at radius 3 is 1.23 bits per heavy atom. The minimum atomic E-state index is -0.750. The third-order valence-electron chi connectivity index (χ3n) is 7.79. The largest absolute Gasteiger partial charge is 0.290 e. The van der Waals surface area contributed by atoms with Crippen LogP contribution in [0.25, 0.3) is 33.9 Å². The van der Waals surface area contributed by atoms with E-state index in [4.69, 9.17) is 11.6 Å². The fourth-order valence-corrected chi connectivity index (χ4v) is 5.86. The van der Waals surface area contributed by atoms with Crippen LogP contribution < -0.4 is 11.1 Å². The maximum Gasteiger partial charge on any atom is 0.276 e. The highest BCUT2D eigenvalue weighted by molar-refractivity contribution is 6.30. The zero-order valence-corrected chi connectivity index (χ0v) is 24.3. The fraction of sp³-hybridized carbons (Fsp3) is 0.0270. The predicted molar refractivity (Wildman–Crippen MR) is 176 cm³/mol. The summed E-state index contributed by atoms with van der Waals surface area (Å²) >= 11 is 6.35. The van der Waals surface area contributed by atoms with Crippen molar-refractivity contribution in [2.75, 3.05) is 0 Å². The Bertz CT molecular complexity index is 2010. The molecular weight excluding hydrogens is 568 g/mol. The number of hydrogen-bond donors (Lipinski definition) is 2. The molecule has 2 N–H and O–H groups in total. The second-order valence-electron chi connectivity index (χ2n) is 10.5. The molecule has 0 aliphatic carbocycles. The molecule has 0 saturated carbocycles. The highest BCUT2D eigenvalue weighted by Gasteiger charge is 2.33. The van der Waals surface area contributed by atoms with Crippen molar-refractivity contribution in [3.8, 4) is 33.9 Å². The minimum absolute atomic E-state index is 0.249. The van der Waals surface area contributed by atoms with Gasteiger partial charge in [0.25, 0.3) is 11.1 Å². The summed E-state index contributed by atoms with van der Waals surface area (Å²) in [4.78, 5) is 29.3. The number of nitrogens with zero attached hydrogens (tertiary/aromatic N) is 2. The Morgan fingerprint density at radius 1 is 0.477 bits per heavy atom. The number of halogens is 1. The fourth-order valence-electron chi connectivity index (χ4n) is 5.74. The van der Waals surface area contributed by atoms with Crippen LogP contribution in [-0.4, -0.2) is 19.6 Å². The lowest BCUT2D eigenvalue weighted by atomic mass is 9.83. The van der Waals surface area contributed by atoms with Crippen molar-refractivity contribution in [1.82, 2.24) is 19.6 Å². The maximum atomic E-state index is 14.6. The molecule has 7 rings (SSSR count). The van der Waals surface area contributed by atoms with Gasteiger partial charge in [0.1, 0.15) is 0 Å². The first-order valence-electron chi connectivity index (χ1n) is 14.3. The highest BCUT2D eigenvalue weighted by Crippen LogP contribution is 2.39. The molecule has 5 aromatic carbocycles. The normalized spacial score (nSPS) is 11.2. The number of para-hydroxylation sites is 2. The number of aromatic amines is 2.